The first-order chi connectivity index (χ1) is 14.2. The Labute approximate surface area is 175 Å². The molecule has 0 aliphatic carbocycles. The number of halogens is 2. The molecule has 1 aromatic carbocycles. The van der Waals surface area contributed by atoms with E-state index in [4.69, 9.17) is 5.26 Å². The number of pyridine rings is 1. The Balaban J connectivity index is 2.06. The number of rotatable bonds is 6. The monoisotopic (exact) mass is 428 g/mol. The van der Waals surface area contributed by atoms with Crippen molar-refractivity contribution in [3.05, 3.63) is 69.5 Å². The molecule has 3 aromatic rings. The van der Waals surface area contributed by atoms with Crippen LogP contribution < -0.4 is 10.6 Å². The molecular weight excluding hydrogens is 410 g/mol. The molecule has 0 spiro atoms. The third kappa shape index (κ3) is 4.62. The number of amides is 1. The summed E-state index contributed by atoms with van der Waals surface area (Å²) in [5.41, 5.74) is -1.80. The summed E-state index contributed by atoms with van der Waals surface area (Å²) in [6, 6.07) is 9.28. The van der Waals surface area contributed by atoms with Crippen molar-refractivity contribution in [1.29, 1.82) is 5.26 Å². The van der Waals surface area contributed by atoms with Crippen LogP contribution in [0.3, 0.4) is 0 Å². The summed E-state index contributed by atoms with van der Waals surface area (Å²) in [5.74, 6) is -2.56. The number of hydrogen-bond acceptors (Lipinski definition) is 6. The van der Waals surface area contributed by atoms with Crippen LogP contribution in [0.15, 0.2) is 41.1 Å². The van der Waals surface area contributed by atoms with Gasteiger partial charge in [-0.25, -0.2) is 13.8 Å². The Morgan fingerprint density at radius 2 is 2.07 bits per heavy atom. The van der Waals surface area contributed by atoms with E-state index in [-0.39, 0.29) is 29.1 Å². The second-order valence-electron chi connectivity index (χ2n) is 6.97. The van der Waals surface area contributed by atoms with E-state index in [0.29, 0.717) is 5.69 Å². The predicted octanol–water partition coefficient (Wildman–Crippen LogP) is 4.71. The van der Waals surface area contributed by atoms with Gasteiger partial charge in [-0.05, 0) is 43.5 Å². The van der Waals surface area contributed by atoms with Gasteiger partial charge in [0.15, 0.2) is 5.82 Å². The minimum absolute atomic E-state index is 0.0569. The van der Waals surface area contributed by atoms with E-state index in [1.54, 1.807) is 29.0 Å². The van der Waals surface area contributed by atoms with Gasteiger partial charge in [0.1, 0.15) is 17.3 Å². The molecule has 0 atom stereocenters. The molecule has 9 heteroatoms. The first-order valence-corrected chi connectivity index (χ1v) is 9.83. The van der Waals surface area contributed by atoms with Gasteiger partial charge in [0.2, 0.25) is 0 Å². The van der Waals surface area contributed by atoms with Crippen molar-refractivity contribution >= 4 is 34.4 Å². The molecule has 0 fully saturated rings. The Hall–Kier alpha value is -3.35. The zero-order valence-corrected chi connectivity index (χ0v) is 17.0. The number of benzene rings is 1. The molecule has 3 rings (SSSR count). The molecule has 0 aliphatic heterocycles. The Morgan fingerprint density at radius 1 is 1.30 bits per heavy atom. The average molecular weight is 428 g/mol. The quantitative estimate of drug-likeness (QED) is 0.528. The number of nitriles is 1. The van der Waals surface area contributed by atoms with Gasteiger partial charge in [-0.15, -0.1) is 0 Å². The number of carbonyl (C=O) groups excluding carboxylic acids is 1. The summed E-state index contributed by atoms with van der Waals surface area (Å²) < 4.78 is 30.0. The van der Waals surface area contributed by atoms with Crippen LogP contribution in [0.2, 0.25) is 0 Å². The topological polar surface area (TPSA) is 98.0 Å². The molecule has 30 heavy (non-hydrogen) atoms. The van der Waals surface area contributed by atoms with Crippen LogP contribution in [0.4, 0.5) is 26.0 Å². The lowest BCUT2D eigenvalue weighted by Gasteiger charge is -2.24. The molecule has 3 N–H and O–H groups in total. The molecule has 154 valence electrons. The average Bonchev–Trinajstić information content (AvgIpc) is 3.22. The van der Waals surface area contributed by atoms with Gasteiger partial charge in [0.25, 0.3) is 5.91 Å². The van der Waals surface area contributed by atoms with Crippen molar-refractivity contribution < 1.29 is 18.7 Å². The van der Waals surface area contributed by atoms with E-state index in [2.05, 4.69) is 15.6 Å². The van der Waals surface area contributed by atoms with Gasteiger partial charge in [-0.3, -0.25) is 4.79 Å². The van der Waals surface area contributed by atoms with E-state index in [9.17, 15) is 14.3 Å². The minimum Gasteiger partial charge on any atom is -0.386 e. The molecule has 0 saturated carbocycles. The molecule has 6 nitrogen and oxygen atoms in total. The van der Waals surface area contributed by atoms with Crippen LogP contribution in [0, 0.1) is 23.0 Å². The summed E-state index contributed by atoms with van der Waals surface area (Å²) in [4.78, 5) is 16.5. The zero-order chi connectivity index (χ0) is 21.9. The van der Waals surface area contributed by atoms with Gasteiger partial charge < -0.3 is 15.7 Å². The van der Waals surface area contributed by atoms with Gasteiger partial charge in [-0.1, -0.05) is 6.07 Å². The summed E-state index contributed by atoms with van der Waals surface area (Å²) in [6.07, 6.45) is 0.0573. The number of nitrogens with zero attached hydrogens (tertiary/aromatic N) is 2. The van der Waals surface area contributed by atoms with Gasteiger partial charge in [-0.2, -0.15) is 16.6 Å². The van der Waals surface area contributed by atoms with E-state index >= 15 is 4.39 Å². The second-order valence-corrected chi connectivity index (χ2v) is 7.75. The number of thiophene rings is 1. The van der Waals surface area contributed by atoms with Gasteiger partial charge in [0, 0.05) is 10.9 Å². The van der Waals surface area contributed by atoms with E-state index < -0.39 is 28.8 Å². The van der Waals surface area contributed by atoms with Crippen molar-refractivity contribution in [2.24, 2.45) is 0 Å². The van der Waals surface area contributed by atoms with E-state index in [1.807, 2.05) is 6.07 Å². The van der Waals surface area contributed by atoms with Crippen LogP contribution >= 0.6 is 11.3 Å². The molecular formula is C21H18F2N4O2S. The summed E-state index contributed by atoms with van der Waals surface area (Å²) in [7, 11) is 0. The minimum atomic E-state index is -1.59. The molecule has 0 unspecified atom stereocenters. The Kier molecular flexibility index (Phi) is 6.10. The van der Waals surface area contributed by atoms with Crippen LogP contribution in [-0.4, -0.2) is 16.0 Å². The fraction of sp³-hybridized carbons (Fsp3) is 0.190. The highest BCUT2D eigenvalue weighted by molar-refractivity contribution is 7.08. The number of hydrogen-bond donors (Lipinski definition) is 3. The van der Waals surface area contributed by atoms with Gasteiger partial charge in [0.05, 0.1) is 35.0 Å². The first kappa shape index (κ1) is 21.4. The molecule has 1 amide bonds. The van der Waals surface area contributed by atoms with Crippen LogP contribution in [0.5, 0.6) is 0 Å². The number of nitrogens with one attached hydrogen (secondary N) is 2. The Bertz CT molecular complexity index is 1120. The SMILES string of the molecule is CC(C)(O)c1cc(F)c(NC(=O)c2ccsc2)c(F)c1Nc1cccc(CC#N)n1. The smallest absolute Gasteiger partial charge is 0.256 e. The van der Waals surface area contributed by atoms with Crippen molar-refractivity contribution in [1.82, 2.24) is 4.98 Å². The van der Waals surface area contributed by atoms with Crippen LogP contribution in [0.25, 0.3) is 0 Å². The summed E-state index contributed by atoms with van der Waals surface area (Å²) >= 11 is 1.28. The number of anilines is 3. The lowest BCUT2D eigenvalue weighted by molar-refractivity contribution is 0.0787. The maximum atomic E-state index is 15.4. The lowest BCUT2D eigenvalue weighted by atomic mass is 9.95. The van der Waals surface area contributed by atoms with Crippen LogP contribution in [-0.2, 0) is 12.0 Å². The van der Waals surface area contributed by atoms with E-state index in [1.165, 1.54) is 31.3 Å². The maximum Gasteiger partial charge on any atom is 0.256 e. The fourth-order valence-corrected chi connectivity index (χ4v) is 3.41. The lowest BCUT2D eigenvalue weighted by Crippen LogP contribution is -2.21. The zero-order valence-electron chi connectivity index (χ0n) is 16.2. The van der Waals surface area contributed by atoms with Gasteiger partial charge >= 0.3 is 0 Å². The third-order valence-electron chi connectivity index (χ3n) is 4.22. The van der Waals surface area contributed by atoms with E-state index in [0.717, 1.165) is 6.07 Å². The van der Waals surface area contributed by atoms with Crippen molar-refractivity contribution in [2.45, 2.75) is 25.9 Å². The Morgan fingerprint density at radius 3 is 2.70 bits per heavy atom. The first-order valence-electron chi connectivity index (χ1n) is 8.89. The molecule has 0 radical (unpaired) electrons. The fourth-order valence-electron chi connectivity index (χ4n) is 2.77. The molecule has 0 bridgehead atoms. The van der Waals surface area contributed by atoms with Crippen molar-refractivity contribution in [2.75, 3.05) is 10.6 Å². The molecule has 0 aliphatic rings. The number of aliphatic hydroxyl groups is 1. The highest BCUT2D eigenvalue weighted by atomic mass is 32.1. The summed E-state index contributed by atoms with van der Waals surface area (Å²) in [6.45, 7) is 2.77. The largest absolute Gasteiger partial charge is 0.386 e. The second kappa shape index (κ2) is 8.57. The van der Waals surface area contributed by atoms with Crippen molar-refractivity contribution in [3.63, 3.8) is 0 Å². The standard InChI is InChI=1S/C21H18F2N4O2S/c1-21(2,29)14-10-15(22)19(27-20(28)12-7-9-30-11-12)17(23)18(14)26-16-5-3-4-13(25-16)6-8-24/h3-5,7,9-11,29H,6H2,1-2H3,(H,25,26)(H,27,28). The molecule has 0 saturated heterocycles. The third-order valence-corrected chi connectivity index (χ3v) is 4.90. The van der Waals surface area contributed by atoms with Crippen LogP contribution in [0.1, 0.15) is 35.5 Å². The van der Waals surface area contributed by atoms with Crippen molar-refractivity contribution in [3.8, 4) is 6.07 Å². The highest BCUT2D eigenvalue weighted by Gasteiger charge is 2.28. The predicted molar refractivity (Wildman–Crippen MR) is 111 cm³/mol. The molecule has 2 aromatic heterocycles. The maximum absolute atomic E-state index is 15.4. The number of carbonyl (C=O) groups is 1. The highest BCUT2D eigenvalue weighted by Crippen LogP contribution is 2.37. The normalized spacial score (nSPS) is 11.1. The summed E-state index contributed by atoms with van der Waals surface area (Å²) in [5, 5.41) is 27.5. The number of aromatic nitrogens is 1. The molecule has 2 heterocycles.